The topological polar surface area (TPSA) is 70.8 Å². The minimum Gasteiger partial charge on any atom is -0.489 e. The van der Waals surface area contributed by atoms with Crippen LogP contribution in [-0.4, -0.2) is 16.1 Å². The van der Waals surface area contributed by atoms with Crippen LogP contribution in [0.2, 0.25) is 0 Å². The van der Waals surface area contributed by atoms with E-state index >= 15 is 0 Å². The molecule has 0 spiro atoms. The van der Waals surface area contributed by atoms with E-state index in [-0.39, 0.29) is 6.10 Å². The molecule has 2 heterocycles. The molecule has 6 heteroatoms. The first kappa shape index (κ1) is 15.3. The zero-order valence-electron chi connectivity index (χ0n) is 13.1. The Balaban J connectivity index is 2.05. The van der Waals surface area contributed by atoms with Gasteiger partial charge in [0.15, 0.2) is 0 Å². The van der Waals surface area contributed by atoms with Crippen molar-refractivity contribution in [1.82, 2.24) is 9.97 Å². The molecular weight excluding hydrogens is 308 g/mol. The van der Waals surface area contributed by atoms with Crippen LogP contribution in [0.25, 0.3) is 10.2 Å². The van der Waals surface area contributed by atoms with E-state index in [0.717, 1.165) is 27.3 Å². The molecule has 2 aromatic heterocycles. The Morgan fingerprint density at radius 3 is 2.87 bits per heavy atom. The van der Waals surface area contributed by atoms with Crippen LogP contribution < -0.4 is 10.1 Å². The molecule has 0 aliphatic rings. The van der Waals surface area contributed by atoms with Crippen molar-refractivity contribution in [3.05, 3.63) is 41.0 Å². The van der Waals surface area contributed by atoms with Gasteiger partial charge in [-0.05, 0) is 43.8 Å². The zero-order valence-corrected chi connectivity index (χ0v) is 13.9. The van der Waals surface area contributed by atoms with Gasteiger partial charge in [-0.25, -0.2) is 9.97 Å². The van der Waals surface area contributed by atoms with Gasteiger partial charge in [-0.2, -0.15) is 5.26 Å². The zero-order chi connectivity index (χ0) is 16.4. The van der Waals surface area contributed by atoms with Crippen molar-refractivity contribution >= 4 is 33.1 Å². The fourth-order valence-corrected chi connectivity index (χ4v) is 3.18. The third kappa shape index (κ3) is 3.10. The first-order valence-electron chi connectivity index (χ1n) is 7.25. The molecule has 0 saturated carbocycles. The van der Waals surface area contributed by atoms with E-state index < -0.39 is 0 Å². The molecule has 0 unspecified atom stereocenters. The van der Waals surface area contributed by atoms with Gasteiger partial charge in [0.1, 0.15) is 22.7 Å². The quantitative estimate of drug-likeness (QED) is 0.770. The molecule has 0 bridgehead atoms. The second kappa shape index (κ2) is 6.23. The number of ether oxygens (including phenoxy) is 1. The van der Waals surface area contributed by atoms with Gasteiger partial charge in [-0.1, -0.05) is 0 Å². The Labute approximate surface area is 138 Å². The SMILES string of the molecule is Cc1csc2ncnc(Nc3ccc(C#N)cc3OC(C)C)c12. The van der Waals surface area contributed by atoms with Crippen molar-refractivity contribution in [3.8, 4) is 11.8 Å². The minimum absolute atomic E-state index is 0.0118. The number of rotatable bonds is 4. The Morgan fingerprint density at radius 2 is 2.13 bits per heavy atom. The predicted octanol–water partition coefficient (Wildman–Crippen LogP) is 4.40. The van der Waals surface area contributed by atoms with Crippen molar-refractivity contribution in [2.24, 2.45) is 0 Å². The van der Waals surface area contributed by atoms with E-state index in [9.17, 15) is 0 Å². The Bertz CT molecular complexity index is 895. The van der Waals surface area contributed by atoms with E-state index in [2.05, 4.69) is 26.7 Å². The Morgan fingerprint density at radius 1 is 1.30 bits per heavy atom. The third-order valence-electron chi connectivity index (χ3n) is 3.28. The molecule has 0 aliphatic heterocycles. The lowest BCUT2D eigenvalue weighted by Gasteiger charge is -2.16. The van der Waals surface area contributed by atoms with Gasteiger partial charge < -0.3 is 10.1 Å². The monoisotopic (exact) mass is 324 g/mol. The molecule has 0 fully saturated rings. The number of aromatic nitrogens is 2. The van der Waals surface area contributed by atoms with E-state index in [1.807, 2.05) is 26.8 Å². The van der Waals surface area contributed by atoms with E-state index in [4.69, 9.17) is 10.00 Å². The molecule has 0 radical (unpaired) electrons. The smallest absolute Gasteiger partial charge is 0.144 e. The summed E-state index contributed by atoms with van der Waals surface area (Å²) in [4.78, 5) is 9.60. The number of hydrogen-bond acceptors (Lipinski definition) is 6. The summed E-state index contributed by atoms with van der Waals surface area (Å²) in [7, 11) is 0. The Hall–Kier alpha value is -2.65. The lowest BCUT2D eigenvalue weighted by Crippen LogP contribution is -2.08. The fourth-order valence-electron chi connectivity index (χ4n) is 2.29. The summed E-state index contributed by atoms with van der Waals surface area (Å²) in [6.07, 6.45) is 1.56. The normalized spacial score (nSPS) is 10.7. The van der Waals surface area contributed by atoms with Crippen molar-refractivity contribution in [3.63, 3.8) is 0 Å². The molecule has 1 N–H and O–H groups in total. The maximum Gasteiger partial charge on any atom is 0.144 e. The molecule has 5 nitrogen and oxygen atoms in total. The lowest BCUT2D eigenvalue weighted by atomic mass is 10.2. The molecule has 1 aromatic carbocycles. The predicted molar refractivity (Wildman–Crippen MR) is 92.4 cm³/mol. The van der Waals surface area contributed by atoms with Crippen LogP contribution in [0.15, 0.2) is 29.9 Å². The minimum atomic E-state index is 0.0118. The molecule has 0 saturated heterocycles. The number of nitrogens with one attached hydrogen (secondary N) is 1. The van der Waals surface area contributed by atoms with Crippen molar-refractivity contribution in [2.45, 2.75) is 26.9 Å². The second-order valence-corrected chi connectivity index (χ2v) is 6.29. The number of nitriles is 1. The van der Waals surface area contributed by atoms with Crippen LogP contribution in [0.5, 0.6) is 5.75 Å². The average molecular weight is 324 g/mol. The number of hydrogen-bond donors (Lipinski definition) is 1. The Kier molecular flexibility index (Phi) is 4.13. The van der Waals surface area contributed by atoms with Crippen LogP contribution >= 0.6 is 11.3 Å². The van der Waals surface area contributed by atoms with Crippen LogP contribution in [0.3, 0.4) is 0 Å². The van der Waals surface area contributed by atoms with Crippen LogP contribution in [0, 0.1) is 18.3 Å². The molecule has 0 aliphatic carbocycles. The summed E-state index contributed by atoms with van der Waals surface area (Å²) in [6, 6.07) is 7.47. The average Bonchev–Trinajstić information content (AvgIpc) is 2.91. The largest absolute Gasteiger partial charge is 0.489 e. The molecule has 116 valence electrons. The number of benzene rings is 1. The summed E-state index contributed by atoms with van der Waals surface area (Å²) in [6.45, 7) is 5.95. The number of thiophene rings is 1. The summed E-state index contributed by atoms with van der Waals surface area (Å²) in [5.41, 5.74) is 2.47. The van der Waals surface area contributed by atoms with Crippen LogP contribution in [0.1, 0.15) is 25.0 Å². The van der Waals surface area contributed by atoms with Crippen LogP contribution in [-0.2, 0) is 0 Å². The van der Waals surface area contributed by atoms with Gasteiger partial charge in [0.2, 0.25) is 0 Å². The molecule has 3 aromatic rings. The first-order chi connectivity index (χ1) is 11.1. The lowest BCUT2D eigenvalue weighted by molar-refractivity contribution is 0.243. The standard InChI is InChI=1S/C17H16N4OS/c1-10(2)22-14-6-12(7-18)4-5-13(14)21-16-15-11(3)8-23-17(15)20-9-19-16/h4-6,8-10H,1-3H3,(H,19,20,21). The first-order valence-corrected chi connectivity index (χ1v) is 8.13. The van der Waals surface area contributed by atoms with Gasteiger partial charge >= 0.3 is 0 Å². The van der Waals surface area contributed by atoms with Crippen molar-refractivity contribution < 1.29 is 4.74 Å². The van der Waals surface area contributed by atoms with Gasteiger partial charge in [-0.15, -0.1) is 11.3 Å². The number of aryl methyl sites for hydroxylation is 1. The molecule has 0 amide bonds. The molecule has 3 rings (SSSR count). The fraction of sp³-hybridized carbons (Fsp3) is 0.235. The van der Waals surface area contributed by atoms with Crippen molar-refractivity contribution in [2.75, 3.05) is 5.32 Å². The second-order valence-electron chi connectivity index (χ2n) is 5.44. The maximum atomic E-state index is 9.08. The maximum absolute atomic E-state index is 9.08. The van der Waals surface area contributed by atoms with E-state index in [1.54, 1.807) is 29.8 Å². The highest BCUT2D eigenvalue weighted by Crippen LogP contribution is 2.34. The van der Waals surface area contributed by atoms with E-state index in [0.29, 0.717) is 11.3 Å². The highest BCUT2D eigenvalue weighted by atomic mass is 32.1. The third-order valence-corrected chi connectivity index (χ3v) is 4.28. The number of nitrogens with zero attached hydrogens (tertiary/aromatic N) is 3. The van der Waals surface area contributed by atoms with Gasteiger partial charge in [0.05, 0.1) is 28.8 Å². The van der Waals surface area contributed by atoms with Crippen LogP contribution in [0.4, 0.5) is 11.5 Å². The van der Waals surface area contributed by atoms with Gasteiger partial charge in [0, 0.05) is 6.07 Å². The molecule has 23 heavy (non-hydrogen) atoms. The van der Waals surface area contributed by atoms with E-state index in [1.165, 1.54) is 0 Å². The highest BCUT2D eigenvalue weighted by Gasteiger charge is 2.12. The highest BCUT2D eigenvalue weighted by molar-refractivity contribution is 7.17. The number of fused-ring (bicyclic) bond motifs is 1. The van der Waals surface area contributed by atoms with Gasteiger partial charge in [0.25, 0.3) is 0 Å². The summed E-state index contributed by atoms with van der Waals surface area (Å²) in [5.74, 6) is 1.38. The summed E-state index contributed by atoms with van der Waals surface area (Å²) < 4.78 is 5.83. The molecular formula is C17H16N4OS. The van der Waals surface area contributed by atoms with Gasteiger partial charge in [-0.3, -0.25) is 0 Å². The van der Waals surface area contributed by atoms with Crippen molar-refractivity contribution in [1.29, 1.82) is 5.26 Å². The number of anilines is 2. The summed E-state index contributed by atoms with van der Waals surface area (Å²) >= 11 is 1.59. The molecule has 0 atom stereocenters. The summed E-state index contributed by atoms with van der Waals surface area (Å²) in [5, 5.41) is 15.5.